The first-order chi connectivity index (χ1) is 7.18. The first-order valence-corrected chi connectivity index (χ1v) is 5.16. The van der Waals surface area contributed by atoms with Crippen LogP contribution >= 0.6 is 0 Å². The van der Waals surface area contributed by atoms with Crippen LogP contribution in [0, 0.1) is 0 Å². The molecule has 0 aromatic heterocycles. The van der Waals surface area contributed by atoms with Crippen molar-refractivity contribution in [2.45, 2.75) is 18.3 Å². The van der Waals surface area contributed by atoms with E-state index in [-0.39, 0.29) is 5.41 Å². The smallest absolute Gasteiger partial charge is 0.335 e. The molecule has 0 spiro atoms. The Hall–Kier alpha value is -1.35. The van der Waals surface area contributed by atoms with Gasteiger partial charge in [0.15, 0.2) is 0 Å². The molecule has 0 bridgehead atoms. The minimum Gasteiger partial charge on any atom is -0.478 e. The summed E-state index contributed by atoms with van der Waals surface area (Å²) in [5.74, 6) is -0.861. The molecule has 2 N–H and O–H groups in total. The number of carboxylic acid groups (broad SMARTS) is 1. The number of aromatic carboxylic acids is 1. The molecule has 1 aliphatic carbocycles. The number of nitrogens with one attached hydrogen (secondary N) is 1. The number of hydrogen-bond donors (Lipinski definition) is 2. The summed E-state index contributed by atoms with van der Waals surface area (Å²) in [6.07, 6.45) is 2.39. The van der Waals surface area contributed by atoms with Crippen molar-refractivity contribution in [2.24, 2.45) is 0 Å². The molecule has 1 fully saturated rings. The molecule has 1 aliphatic rings. The van der Waals surface area contributed by atoms with Crippen molar-refractivity contribution in [3.8, 4) is 0 Å². The van der Waals surface area contributed by atoms with E-state index in [9.17, 15) is 4.79 Å². The van der Waals surface area contributed by atoms with E-state index in [0.717, 1.165) is 6.54 Å². The monoisotopic (exact) mass is 205 g/mol. The number of carboxylic acids is 1. The summed E-state index contributed by atoms with van der Waals surface area (Å²) in [6.45, 7) is 0.972. The highest BCUT2D eigenvalue weighted by Gasteiger charge is 2.43. The van der Waals surface area contributed by atoms with Crippen LogP contribution in [0.2, 0.25) is 0 Å². The van der Waals surface area contributed by atoms with Crippen molar-refractivity contribution in [1.29, 1.82) is 0 Å². The SMILES string of the molecule is CNCC1(c2ccc(C(=O)O)cc2)CC1. The van der Waals surface area contributed by atoms with Gasteiger partial charge in [-0.25, -0.2) is 4.79 Å². The van der Waals surface area contributed by atoms with Gasteiger partial charge in [-0.05, 0) is 37.6 Å². The lowest BCUT2D eigenvalue weighted by atomic mass is 9.95. The van der Waals surface area contributed by atoms with Crippen LogP contribution in [0.15, 0.2) is 24.3 Å². The third-order valence-corrected chi connectivity index (χ3v) is 3.11. The van der Waals surface area contributed by atoms with Crippen molar-refractivity contribution < 1.29 is 9.90 Å². The van der Waals surface area contributed by atoms with Gasteiger partial charge in [0.2, 0.25) is 0 Å². The van der Waals surface area contributed by atoms with Crippen LogP contribution in [-0.4, -0.2) is 24.7 Å². The molecular formula is C12H15NO2. The summed E-state index contributed by atoms with van der Waals surface area (Å²) >= 11 is 0. The molecule has 2 rings (SSSR count). The molecule has 0 heterocycles. The van der Waals surface area contributed by atoms with Crippen LogP contribution in [0.4, 0.5) is 0 Å². The molecule has 1 aromatic rings. The fraction of sp³-hybridized carbons (Fsp3) is 0.417. The highest BCUT2D eigenvalue weighted by molar-refractivity contribution is 5.87. The molecule has 3 heteroatoms. The Kier molecular flexibility index (Phi) is 2.49. The zero-order valence-electron chi connectivity index (χ0n) is 8.79. The molecule has 0 unspecified atom stereocenters. The summed E-state index contributed by atoms with van der Waals surface area (Å²) in [6, 6.07) is 7.25. The van der Waals surface area contributed by atoms with E-state index >= 15 is 0 Å². The van der Waals surface area contributed by atoms with E-state index in [1.165, 1.54) is 18.4 Å². The second-order valence-corrected chi connectivity index (χ2v) is 4.19. The van der Waals surface area contributed by atoms with Gasteiger partial charge in [0.05, 0.1) is 5.56 Å². The van der Waals surface area contributed by atoms with Crippen molar-refractivity contribution in [3.05, 3.63) is 35.4 Å². The number of benzene rings is 1. The Balaban J connectivity index is 2.20. The second-order valence-electron chi connectivity index (χ2n) is 4.19. The van der Waals surface area contributed by atoms with Gasteiger partial charge >= 0.3 is 5.97 Å². The largest absolute Gasteiger partial charge is 0.478 e. The first kappa shape index (κ1) is 10.2. The minimum absolute atomic E-state index is 0.270. The lowest BCUT2D eigenvalue weighted by Crippen LogP contribution is -2.23. The molecule has 0 atom stereocenters. The third-order valence-electron chi connectivity index (χ3n) is 3.11. The normalized spacial score (nSPS) is 17.4. The lowest BCUT2D eigenvalue weighted by molar-refractivity contribution is 0.0697. The van der Waals surface area contributed by atoms with Crippen molar-refractivity contribution in [1.82, 2.24) is 5.32 Å². The Labute approximate surface area is 89.1 Å². The van der Waals surface area contributed by atoms with Crippen molar-refractivity contribution in [2.75, 3.05) is 13.6 Å². The number of rotatable bonds is 4. The van der Waals surface area contributed by atoms with Crippen LogP contribution in [0.5, 0.6) is 0 Å². The Morgan fingerprint density at radius 1 is 1.40 bits per heavy atom. The first-order valence-electron chi connectivity index (χ1n) is 5.16. The van der Waals surface area contributed by atoms with E-state index in [4.69, 9.17) is 5.11 Å². The fourth-order valence-electron chi connectivity index (χ4n) is 2.02. The van der Waals surface area contributed by atoms with Gasteiger partial charge in [-0.3, -0.25) is 0 Å². The quantitative estimate of drug-likeness (QED) is 0.785. The van der Waals surface area contributed by atoms with Gasteiger partial charge in [0.25, 0.3) is 0 Å². The Morgan fingerprint density at radius 2 is 2.00 bits per heavy atom. The van der Waals surface area contributed by atoms with Gasteiger partial charge in [0, 0.05) is 12.0 Å². The van der Waals surface area contributed by atoms with Crippen LogP contribution in [0.3, 0.4) is 0 Å². The van der Waals surface area contributed by atoms with Crippen LogP contribution < -0.4 is 5.32 Å². The molecule has 0 radical (unpaired) electrons. The molecule has 80 valence electrons. The molecule has 0 saturated heterocycles. The predicted octanol–water partition coefficient (Wildman–Crippen LogP) is 1.64. The molecular weight excluding hydrogens is 190 g/mol. The van der Waals surface area contributed by atoms with E-state index in [2.05, 4.69) is 5.32 Å². The number of hydrogen-bond acceptors (Lipinski definition) is 2. The third kappa shape index (κ3) is 1.88. The summed E-state index contributed by atoms with van der Waals surface area (Å²) < 4.78 is 0. The van der Waals surface area contributed by atoms with Gasteiger partial charge in [-0.2, -0.15) is 0 Å². The van der Waals surface area contributed by atoms with Crippen LogP contribution in [0.1, 0.15) is 28.8 Å². The summed E-state index contributed by atoms with van der Waals surface area (Å²) in [5.41, 5.74) is 1.88. The summed E-state index contributed by atoms with van der Waals surface area (Å²) in [7, 11) is 1.95. The van der Waals surface area contributed by atoms with Crippen LogP contribution in [0.25, 0.3) is 0 Å². The van der Waals surface area contributed by atoms with Crippen molar-refractivity contribution >= 4 is 5.97 Å². The average molecular weight is 205 g/mol. The molecule has 1 saturated carbocycles. The molecule has 3 nitrogen and oxygen atoms in total. The van der Waals surface area contributed by atoms with Gasteiger partial charge in [-0.15, -0.1) is 0 Å². The molecule has 0 aliphatic heterocycles. The number of carbonyl (C=O) groups is 1. The molecule has 1 aromatic carbocycles. The maximum Gasteiger partial charge on any atom is 0.335 e. The highest BCUT2D eigenvalue weighted by Crippen LogP contribution is 2.47. The highest BCUT2D eigenvalue weighted by atomic mass is 16.4. The van der Waals surface area contributed by atoms with E-state index in [1.807, 2.05) is 19.2 Å². The van der Waals surface area contributed by atoms with Gasteiger partial charge < -0.3 is 10.4 Å². The van der Waals surface area contributed by atoms with E-state index < -0.39 is 5.97 Å². The minimum atomic E-state index is -0.861. The maximum absolute atomic E-state index is 10.7. The molecule has 15 heavy (non-hydrogen) atoms. The van der Waals surface area contributed by atoms with Gasteiger partial charge in [-0.1, -0.05) is 12.1 Å². The number of likely N-dealkylation sites (N-methyl/N-ethyl adjacent to an activating group) is 1. The fourth-order valence-corrected chi connectivity index (χ4v) is 2.02. The van der Waals surface area contributed by atoms with Gasteiger partial charge in [0.1, 0.15) is 0 Å². The maximum atomic E-state index is 10.7. The van der Waals surface area contributed by atoms with Crippen LogP contribution in [-0.2, 0) is 5.41 Å². The topological polar surface area (TPSA) is 49.3 Å². The summed E-state index contributed by atoms with van der Waals surface area (Å²) in [5, 5.41) is 12.0. The summed E-state index contributed by atoms with van der Waals surface area (Å²) in [4.78, 5) is 10.7. The van der Waals surface area contributed by atoms with E-state index in [0.29, 0.717) is 5.56 Å². The Bertz CT molecular complexity index is 366. The zero-order chi connectivity index (χ0) is 10.9. The zero-order valence-corrected chi connectivity index (χ0v) is 8.79. The standard InChI is InChI=1S/C12H15NO2/c1-13-8-12(6-7-12)10-4-2-9(3-5-10)11(14)15/h2-5,13H,6-8H2,1H3,(H,14,15). The second kappa shape index (κ2) is 3.66. The lowest BCUT2D eigenvalue weighted by Gasteiger charge is -2.14. The van der Waals surface area contributed by atoms with Crippen molar-refractivity contribution in [3.63, 3.8) is 0 Å². The Morgan fingerprint density at radius 3 is 2.40 bits per heavy atom. The average Bonchev–Trinajstić information content (AvgIpc) is 3.00. The van der Waals surface area contributed by atoms with E-state index in [1.54, 1.807) is 12.1 Å². The molecule has 0 amide bonds. The predicted molar refractivity (Wildman–Crippen MR) is 58.2 cm³/mol.